The minimum absolute atomic E-state index is 0.203. The number of hydrogen-bond acceptors (Lipinski definition) is 2. The molecule has 0 unspecified atom stereocenters. The Kier molecular flexibility index (Phi) is 2.52. The average Bonchev–Trinajstić information content (AvgIpc) is 2.62. The second kappa shape index (κ2) is 3.98. The molecule has 0 aliphatic heterocycles. The van der Waals surface area contributed by atoms with Crippen molar-refractivity contribution in [2.45, 2.75) is 19.3 Å². The predicted molar refractivity (Wildman–Crippen MR) is 56.2 cm³/mol. The molecule has 0 fully saturated rings. The number of hydrogen-bond donors (Lipinski definition) is 0. The number of nitrogens with zero attached hydrogens (tertiary/aromatic N) is 1. The average molecular weight is 195 g/mol. The van der Waals surface area contributed by atoms with E-state index in [0.717, 1.165) is 23.1 Å². The molecule has 0 saturated carbocycles. The van der Waals surface area contributed by atoms with Gasteiger partial charge in [0.05, 0.1) is 12.5 Å². The van der Waals surface area contributed by atoms with E-state index in [1.807, 2.05) is 24.3 Å². The van der Waals surface area contributed by atoms with Crippen LogP contribution < -0.4 is 0 Å². The predicted octanol–water partition coefficient (Wildman–Crippen LogP) is 2.08. The van der Waals surface area contributed by atoms with Crippen molar-refractivity contribution in [1.82, 2.24) is 0 Å². The number of fused-ring (bicyclic) bond motifs is 1. The Labute approximate surface area is 88.5 Å². The molecule has 0 aromatic heterocycles. The Balaban J connectivity index is 2.40. The molecule has 0 spiro atoms. The van der Waals surface area contributed by atoms with Crippen LogP contribution >= 0.6 is 0 Å². The second-order valence-corrected chi connectivity index (χ2v) is 3.39. The van der Waals surface area contributed by atoms with E-state index in [-0.39, 0.29) is 12.2 Å². The van der Waals surface area contributed by atoms with Crippen molar-refractivity contribution < 1.29 is 4.79 Å². The molecule has 0 radical (unpaired) electrons. The Morgan fingerprint density at radius 3 is 3.00 bits per heavy atom. The van der Waals surface area contributed by atoms with Crippen LogP contribution in [0, 0.1) is 23.2 Å². The zero-order valence-corrected chi connectivity index (χ0v) is 8.21. The zero-order valence-electron chi connectivity index (χ0n) is 8.21. The van der Waals surface area contributed by atoms with Crippen LogP contribution in [0.2, 0.25) is 0 Å². The third kappa shape index (κ3) is 1.75. The molecule has 1 aliphatic carbocycles. The lowest BCUT2D eigenvalue weighted by molar-refractivity contribution is 0.0994. The van der Waals surface area contributed by atoms with Gasteiger partial charge in [0.15, 0.2) is 5.78 Å². The van der Waals surface area contributed by atoms with E-state index in [2.05, 4.69) is 11.8 Å². The molecular weight excluding hydrogens is 186 g/mol. The van der Waals surface area contributed by atoms with E-state index >= 15 is 0 Å². The van der Waals surface area contributed by atoms with E-state index in [9.17, 15) is 4.79 Å². The number of rotatable bonds is 0. The van der Waals surface area contributed by atoms with Crippen molar-refractivity contribution in [3.8, 4) is 17.9 Å². The molecule has 2 heteroatoms. The summed E-state index contributed by atoms with van der Waals surface area (Å²) < 4.78 is 0. The summed E-state index contributed by atoms with van der Waals surface area (Å²) in [6.45, 7) is 0. The van der Waals surface area contributed by atoms with E-state index < -0.39 is 0 Å². The Morgan fingerprint density at radius 1 is 1.33 bits per heavy atom. The first-order chi connectivity index (χ1) is 7.33. The lowest BCUT2D eigenvalue weighted by atomic mass is 10.0. The Bertz CT molecular complexity index is 512. The largest absolute Gasteiger partial charge is 0.294 e. The first-order valence-electron chi connectivity index (χ1n) is 4.84. The normalized spacial score (nSPS) is 12.6. The van der Waals surface area contributed by atoms with Crippen LogP contribution in [0.4, 0.5) is 0 Å². The van der Waals surface area contributed by atoms with Crippen LogP contribution in [0.15, 0.2) is 18.2 Å². The van der Waals surface area contributed by atoms with Gasteiger partial charge in [-0.25, -0.2) is 0 Å². The molecular formula is C13H9NO. The fraction of sp³-hybridized carbons (Fsp3) is 0.231. The Hall–Kier alpha value is -2.06. The van der Waals surface area contributed by atoms with Crippen LogP contribution in [-0.4, -0.2) is 5.78 Å². The minimum atomic E-state index is 0.203. The highest BCUT2D eigenvalue weighted by atomic mass is 16.1. The van der Waals surface area contributed by atoms with Crippen LogP contribution in [0.5, 0.6) is 0 Å². The number of carbonyl (C=O) groups excluding carboxylic acids is 1. The van der Waals surface area contributed by atoms with Gasteiger partial charge in [0.1, 0.15) is 0 Å². The van der Waals surface area contributed by atoms with Gasteiger partial charge in [0.25, 0.3) is 0 Å². The fourth-order valence-corrected chi connectivity index (χ4v) is 1.79. The molecule has 1 aliphatic rings. The fourth-order valence-electron chi connectivity index (χ4n) is 1.79. The molecule has 15 heavy (non-hydrogen) atoms. The smallest absolute Gasteiger partial charge is 0.163 e. The Morgan fingerprint density at radius 2 is 2.20 bits per heavy atom. The van der Waals surface area contributed by atoms with Gasteiger partial charge in [-0.3, -0.25) is 4.79 Å². The second-order valence-electron chi connectivity index (χ2n) is 3.39. The maximum Gasteiger partial charge on any atom is 0.163 e. The summed E-state index contributed by atoms with van der Waals surface area (Å²) in [5.74, 6) is 5.92. The van der Waals surface area contributed by atoms with E-state index in [1.165, 1.54) is 0 Å². The highest BCUT2D eigenvalue weighted by molar-refractivity contribution is 6.01. The summed E-state index contributed by atoms with van der Waals surface area (Å²) in [6, 6.07) is 7.57. The van der Waals surface area contributed by atoms with Crippen LogP contribution in [0.25, 0.3) is 0 Å². The zero-order chi connectivity index (χ0) is 10.7. The van der Waals surface area contributed by atoms with E-state index in [0.29, 0.717) is 6.42 Å². The topological polar surface area (TPSA) is 40.9 Å². The van der Waals surface area contributed by atoms with Gasteiger partial charge in [-0.15, -0.1) is 0 Å². The molecule has 2 nitrogen and oxygen atoms in total. The summed E-state index contributed by atoms with van der Waals surface area (Å²) in [7, 11) is 0. The first-order valence-corrected chi connectivity index (χ1v) is 4.84. The summed E-state index contributed by atoms with van der Waals surface area (Å²) in [5.41, 5.74) is 2.75. The summed E-state index contributed by atoms with van der Waals surface area (Å²) in [6.07, 6.45) is 1.61. The van der Waals surface area contributed by atoms with E-state index in [4.69, 9.17) is 5.26 Å². The van der Waals surface area contributed by atoms with Gasteiger partial charge in [-0.2, -0.15) is 5.26 Å². The van der Waals surface area contributed by atoms with Crippen molar-refractivity contribution in [3.63, 3.8) is 0 Å². The molecule has 1 aromatic carbocycles. The molecule has 0 amide bonds. The van der Waals surface area contributed by atoms with Crippen molar-refractivity contribution in [2.24, 2.45) is 0 Å². The standard InChI is InChI=1S/C13H9NO/c14-9-2-1-4-10-5-3-6-12-11(10)7-8-13(12)15/h3,5-6H,2,7-8H2. The summed E-state index contributed by atoms with van der Waals surface area (Å²) >= 11 is 0. The van der Waals surface area contributed by atoms with E-state index in [1.54, 1.807) is 0 Å². The molecule has 0 N–H and O–H groups in total. The van der Waals surface area contributed by atoms with Crippen LogP contribution in [0.3, 0.4) is 0 Å². The molecule has 1 aromatic rings. The molecule has 2 rings (SSSR count). The molecule has 0 atom stereocenters. The number of carbonyl (C=O) groups is 1. The molecule has 72 valence electrons. The number of benzene rings is 1. The van der Waals surface area contributed by atoms with Crippen molar-refractivity contribution in [2.75, 3.05) is 0 Å². The third-order valence-electron chi connectivity index (χ3n) is 2.47. The van der Waals surface area contributed by atoms with Gasteiger partial charge < -0.3 is 0 Å². The number of Topliss-reactive ketones (excluding diaryl/α,β-unsaturated/α-hetero) is 1. The molecule has 0 bridgehead atoms. The van der Waals surface area contributed by atoms with Gasteiger partial charge in [-0.1, -0.05) is 24.0 Å². The summed E-state index contributed by atoms with van der Waals surface area (Å²) in [4.78, 5) is 11.4. The monoisotopic (exact) mass is 195 g/mol. The maximum atomic E-state index is 11.4. The van der Waals surface area contributed by atoms with Crippen LogP contribution in [0.1, 0.15) is 34.3 Å². The van der Waals surface area contributed by atoms with Gasteiger partial charge in [0.2, 0.25) is 0 Å². The van der Waals surface area contributed by atoms with Crippen molar-refractivity contribution >= 4 is 5.78 Å². The summed E-state index contributed by atoms with van der Waals surface area (Å²) in [5, 5.41) is 8.37. The minimum Gasteiger partial charge on any atom is -0.294 e. The van der Waals surface area contributed by atoms with Crippen molar-refractivity contribution in [3.05, 3.63) is 34.9 Å². The number of ketones is 1. The number of nitriles is 1. The highest BCUT2D eigenvalue weighted by Crippen LogP contribution is 2.24. The van der Waals surface area contributed by atoms with Gasteiger partial charge >= 0.3 is 0 Å². The lowest BCUT2D eigenvalue weighted by Crippen LogP contribution is -1.92. The first kappa shape index (κ1) is 9.49. The van der Waals surface area contributed by atoms with Crippen LogP contribution in [-0.2, 0) is 6.42 Å². The van der Waals surface area contributed by atoms with Gasteiger partial charge in [-0.05, 0) is 18.1 Å². The van der Waals surface area contributed by atoms with Crippen molar-refractivity contribution in [1.29, 1.82) is 5.26 Å². The maximum absolute atomic E-state index is 11.4. The molecule has 0 heterocycles. The molecule has 0 saturated heterocycles. The quantitative estimate of drug-likeness (QED) is 0.595. The van der Waals surface area contributed by atoms with Gasteiger partial charge in [0, 0.05) is 17.5 Å². The highest BCUT2D eigenvalue weighted by Gasteiger charge is 2.20. The SMILES string of the molecule is N#CCC#Cc1cccc2c1CCC2=O. The third-order valence-corrected chi connectivity index (χ3v) is 2.47. The lowest BCUT2D eigenvalue weighted by Gasteiger charge is -1.99.